The van der Waals surface area contributed by atoms with Gasteiger partial charge in [-0.25, -0.2) is 0 Å². The van der Waals surface area contributed by atoms with E-state index in [1.165, 1.54) is 12.1 Å². The molecule has 19 heavy (non-hydrogen) atoms. The number of benzene rings is 1. The number of halogens is 1. The highest BCUT2D eigenvalue weighted by atomic mass is 35.5. The third-order valence-electron chi connectivity index (χ3n) is 3.49. The van der Waals surface area contributed by atoms with Crippen molar-refractivity contribution in [3.63, 3.8) is 0 Å². The minimum atomic E-state index is -0.626. The number of thiocarbonyl (C=S) groups is 1. The Morgan fingerprint density at radius 3 is 2.58 bits per heavy atom. The van der Waals surface area contributed by atoms with E-state index in [1.807, 2.05) is 0 Å². The van der Waals surface area contributed by atoms with Crippen LogP contribution in [0.5, 0.6) is 5.75 Å². The smallest absolute Gasteiger partial charge is 0.255 e. The topological polar surface area (TPSA) is 75.3 Å². The maximum atomic E-state index is 12.2. The van der Waals surface area contributed by atoms with Gasteiger partial charge >= 0.3 is 0 Å². The number of hydrogen-bond acceptors (Lipinski definition) is 3. The summed E-state index contributed by atoms with van der Waals surface area (Å²) in [6.07, 6.45) is 3.43. The van der Waals surface area contributed by atoms with Crippen LogP contribution in [0.4, 0.5) is 0 Å². The van der Waals surface area contributed by atoms with Crippen molar-refractivity contribution in [3.8, 4) is 5.75 Å². The van der Waals surface area contributed by atoms with E-state index < -0.39 is 5.54 Å². The lowest BCUT2D eigenvalue weighted by atomic mass is 9.97. The maximum absolute atomic E-state index is 12.2. The normalized spacial score (nSPS) is 17.1. The number of aromatic hydroxyl groups is 1. The highest BCUT2D eigenvalue weighted by molar-refractivity contribution is 7.80. The van der Waals surface area contributed by atoms with E-state index in [4.69, 9.17) is 29.6 Å². The third-order valence-corrected chi connectivity index (χ3v) is 4.11. The Morgan fingerprint density at radius 1 is 1.42 bits per heavy atom. The minimum Gasteiger partial charge on any atom is -0.507 e. The summed E-state index contributed by atoms with van der Waals surface area (Å²) >= 11 is 10.8. The van der Waals surface area contributed by atoms with Crippen LogP contribution in [0.15, 0.2) is 18.2 Å². The second kappa shape index (κ2) is 5.35. The van der Waals surface area contributed by atoms with Gasteiger partial charge in [-0.15, -0.1) is 0 Å². The molecule has 1 aromatic rings. The van der Waals surface area contributed by atoms with Crippen LogP contribution in [-0.2, 0) is 0 Å². The molecular formula is C13H15ClN2O2S. The van der Waals surface area contributed by atoms with E-state index >= 15 is 0 Å². The van der Waals surface area contributed by atoms with Crippen LogP contribution in [0.25, 0.3) is 0 Å². The quantitative estimate of drug-likeness (QED) is 0.749. The highest BCUT2D eigenvalue weighted by Gasteiger charge is 2.38. The van der Waals surface area contributed by atoms with Gasteiger partial charge in [-0.2, -0.15) is 0 Å². The summed E-state index contributed by atoms with van der Waals surface area (Å²) in [7, 11) is 0. The van der Waals surface area contributed by atoms with E-state index in [0.29, 0.717) is 10.0 Å². The van der Waals surface area contributed by atoms with Gasteiger partial charge in [0.05, 0.1) is 16.1 Å². The second-order valence-corrected chi connectivity index (χ2v) is 5.65. The molecule has 102 valence electrons. The monoisotopic (exact) mass is 298 g/mol. The minimum absolute atomic E-state index is 0.152. The van der Waals surface area contributed by atoms with Gasteiger partial charge in [0.15, 0.2) is 0 Å². The molecule has 0 aromatic heterocycles. The largest absolute Gasteiger partial charge is 0.507 e. The zero-order valence-electron chi connectivity index (χ0n) is 10.3. The number of phenolic OH excluding ortho intramolecular Hbond substituents is 1. The zero-order valence-corrected chi connectivity index (χ0v) is 11.9. The molecule has 2 rings (SSSR count). The van der Waals surface area contributed by atoms with Crippen molar-refractivity contribution >= 4 is 34.7 Å². The molecular weight excluding hydrogens is 284 g/mol. The SMILES string of the molecule is NC(=S)C1(NC(=O)c2ccc(Cl)cc2O)CCCC1. The highest BCUT2D eigenvalue weighted by Crippen LogP contribution is 2.31. The van der Waals surface area contributed by atoms with Crippen LogP contribution in [0.3, 0.4) is 0 Å². The lowest BCUT2D eigenvalue weighted by Crippen LogP contribution is -2.54. The van der Waals surface area contributed by atoms with Gasteiger partial charge in [0.25, 0.3) is 5.91 Å². The van der Waals surface area contributed by atoms with Crippen molar-refractivity contribution < 1.29 is 9.90 Å². The first-order valence-electron chi connectivity index (χ1n) is 6.05. The molecule has 0 atom stereocenters. The third kappa shape index (κ3) is 2.82. The van der Waals surface area contributed by atoms with Crippen molar-refractivity contribution in [2.45, 2.75) is 31.2 Å². The molecule has 1 saturated carbocycles. The number of rotatable bonds is 3. The summed E-state index contributed by atoms with van der Waals surface area (Å²) in [5.41, 5.74) is 5.30. The van der Waals surface area contributed by atoms with E-state index in [9.17, 15) is 9.90 Å². The van der Waals surface area contributed by atoms with Crippen LogP contribution < -0.4 is 11.1 Å². The predicted octanol–water partition coefficient (Wildman–Crippen LogP) is 2.37. The van der Waals surface area contributed by atoms with E-state index in [0.717, 1.165) is 25.7 Å². The molecule has 0 heterocycles. The summed E-state index contributed by atoms with van der Waals surface area (Å²) in [6.45, 7) is 0. The molecule has 1 fully saturated rings. The van der Waals surface area contributed by atoms with Gasteiger partial charge in [0.2, 0.25) is 0 Å². The molecule has 0 radical (unpaired) electrons. The molecule has 4 nitrogen and oxygen atoms in total. The van der Waals surface area contributed by atoms with Crippen molar-refractivity contribution in [2.24, 2.45) is 5.73 Å². The van der Waals surface area contributed by atoms with E-state index in [-0.39, 0.29) is 17.2 Å². The van der Waals surface area contributed by atoms with Gasteiger partial charge in [0, 0.05) is 5.02 Å². The van der Waals surface area contributed by atoms with Gasteiger partial charge in [-0.05, 0) is 31.0 Å². The molecule has 1 aliphatic rings. The van der Waals surface area contributed by atoms with Crippen molar-refractivity contribution in [3.05, 3.63) is 28.8 Å². The lowest BCUT2D eigenvalue weighted by molar-refractivity contribution is 0.0922. The number of carbonyl (C=O) groups is 1. The number of hydrogen-bond donors (Lipinski definition) is 3. The Bertz CT molecular complexity index is 527. The number of nitrogens with two attached hydrogens (primary N) is 1. The Labute approximate surface area is 121 Å². The molecule has 0 unspecified atom stereocenters. The fraction of sp³-hybridized carbons (Fsp3) is 0.385. The van der Waals surface area contributed by atoms with Gasteiger partial charge in [0.1, 0.15) is 5.75 Å². The molecule has 0 bridgehead atoms. The predicted molar refractivity (Wildman–Crippen MR) is 78.6 cm³/mol. The van der Waals surface area contributed by atoms with Crippen LogP contribution in [0.1, 0.15) is 36.0 Å². The van der Waals surface area contributed by atoms with Crippen molar-refractivity contribution in [1.29, 1.82) is 0 Å². The molecule has 0 aliphatic heterocycles. The van der Waals surface area contributed by atoms with E-state index in [2.05, 4.69) is 5.32 Å². The summed E-state index contributed by atoms with van der Waals surface area (Å²) in [4.78, 5) is 12.5. The first-order chi connectivity index (χ1) is 8.94. The molecule has 0 spiro atoms. The summed E-state index contributed by atoms with van der Waals surface area (Å²) in [5, 5.41) is 13.0. The fourth-order valence-electron chi connectivity index (χ4n) is 2.39. The Balaban J connectivity index is 2.22. The Hall–Kier alpha value is -1.33. The first-order valence-corrected chi connectivity index (χ1v) is 6.84. The zero-order chi connectivity index (χ0) is 14.0. The Morgan fingerprint density at radius 2 is 2.05 bits per heavy atom. The molecule has 1 aliphatic carbocycles. The van der Waals surface area contributed by atoms with Crippen LogP contribution >= 0.6 is 23.8 Å². The van der Waals surface area contributed by atoms with Crippen molar-refractivity contribution in [2.75, 3.05) is 0 Å². The van der Waals surface area contributed by atoms with Crippen LogP contribution in [-0.4, -0.2) is 21.5 Å². The van der Waals surface area contributed by atoms with Crippen LogP contribution in [0.2, 0.25) is 5.02 Å². The first kappa shape index (κ1) is 14.1. The lowest BCUT2D eigenvalue weighted by Gasteiger charge is -2.29. The molecule has 6 heteroatoms. The standard InChI is InChI=1S/C13H15ClN2O2S/c14-8-3-4-9(10(17)7-8)11(18)16-13(12(15)19)5-1-2-6-13/h3-4,7,17H,1-2,5-6H2,(H2,15,19)(H,16,18). The summed E-state index contributed by atoms with van der Waals surface area (Å²) < 4.78 is 0. The fourth-order valence-corrected chi connectivity index (χ4v) is 2.81. The molecule has 1 aromatic carbocycles. The maximum Gasteiger partial charge on any atom is 0.255 e. The molecule has 0 saturated heterocycles. The van der Waals surface area contributed by atoms with Crippen LogP contribution in [0, 0.1) is 0 Å². The second-order valence-electron chi connectivity index (χ2n) is 4.77. The molecule has 1 amide bonds. The van der Waals surface area contributed by atoms with E-state index in [1.54, 1.807) is 6.07 Å². The molecule has 4 N–H and O–H groups in total. The summed E-state index contributed by atoms with van der Waals surface area (Å²) in [6, 6.07) is 4.37. The number of amides is 1. The average Bonchev–Trinajstić information content (AvgIpc) is 2.78. The number of nitrogens with one attached hydrogen (secondary N) is 1. The van der Waals surface area contributed by atoms with Gasteiger partial charge in [-0.3, -0.25) is 4.79 Å². The van der Waals surface area contributed by atoms with Crippen molar-refractivity contribution in [1.82, 2.24) is 5.32 Å². The van der Waals surface area contributed by atoms with Gasteiger partial charge in [-0.1, -0.05) is 36.7 Å². The average molecular weight is 299 g/mol. The number of phenols is 1. The number of carbonyl (C=O) groups excluding carboxylic acids is 1. The Kier molecular flexibility index (Phi) is 3.96. The van der Waals surface area contributed by atoms with Gasteiger partial charge < -0.3 is 16.2 Å². The summed E-state index contributed by atoms with van der Waals surface area (Å²) in [5.74, 6) is -0.537.